The SMILES string of the molecule is O=C(Nc1cccc(Cn2cccn2)c1)C1CCN(S(=O)(=O)c2ccc3c(c2)CCCC3)CC1. The number of nitrogens with one attached hydrogen (secondary N) is 1. The number of amides is 1. The average molecular weight is 479 g/mol. The van der Waals surface area contributed by atoms with E-state index in [-0.39, 0.29) is 11.8 Å². The first-order valence-corrected chi connectivity index (χ1v) is 13.4. The van der Waals surface area contributed by atoms with Crippen LogP contribution >= 0.6 is 0 Å². The lowest BCUT2D eigenvalue weighted by Crippen LogP contribution is -2.41. The number of aromatic nitrogens is 2. The van der Waals surface area contributed by atoms with E-state index in [1.165, 1.54) is 16.3 Å². The Labute approximate surface area is 200 Å². The number of rotatable bonds is 6. The predicted molar refractivity (Wildman–Crippen MR) is 131 cm³/mol. The molecule has 1 amide bonds. The second-order valence-electron chi connectivity index (χ2n) is 9.21. The monoisotopic (exact) mass is 478 g/mol. The van der Waals surface area contributed by atoms with Gasteiger partial charge in [0.1, 0.15) is 0 Å². The summed E-state index contributed by atoms with van der Waals surface area (Å²) in [5.74, 6) is -0.258. The van der Waals surface area contributed by atoms with Crippen LogP contribution in [0.3, 0.4) is 0 Å². The maximum absolute atomic E-state index is 13.2. The highest BCUT2D eigenvalue weighted by Crippen LogP contribution is 2.28. The van der Waals surface area contributed by atoms with E-state index >= 15 is 0 Å². The maximum atomic E-state index is 13.2. The van der Waals surface area contributed by atoms with Gasteiger partial charge in [-0.05, 0) is 85.5 Å². The van der Waals surface area contributed by atoms with E-state index in [1.807, 2.05) is 53.3 Å². The lowest BCUT2D eigenvalue weighted by Gasteiger charge is -2.31. The van der Waals surface area contributed by atoms with Gasteiger partial charge in [0.2, 0.25) is 15.9 Å². The number of hydrogen-bond acceptors (Lipinski definition) is 4. The summed E-state index contributed by atoms with van der Waals surface area (Å²) in [4.78, 5) is 13.3. The Morgan fingerprint density at radius 1 is 1.00 bits per heavy atom. The molecule has 0 saturated carbocycles. The molecule has 0 radical (unpaired) electrons. The highest BCUT2D eigenvalue weighted by molar-refractivity contribution is 7.89. The van der Waals surface area contributed by atoms with Gasteiger partial charge < -0.3 is 5.32 Å². The van der Waals surface area contributed by atoms with Crippen LogP contribution in [-0.4, -0.2) is 41.5 Å². The quantitative estimate of drug-likeness (QED) is 0.583. The number of carbonyl (C=O) groups is 1. The van der Waals surface area contributed by atoms with Crippen LogP contribution in [-0.2, 0) is 34.2 Å². The first-order valence-electron chi connectivity index (χ1n) is 12.0. The Balaban J connectivity index is 1.19. The van der Waals surface area contributed by atoms with Gasteiger partial charge >= 0.3 is 0 Å². The number of hydrogen-bond donors (Lipinski definition) is 1. The minimum atomic E-state index is -3.54. The van der Waals surface area contributed by atoms with Crippen LogP contribution in [0.1, 0.15) is 42.4 Å². The zero-order valence-electron chi connectivity index (χ0n) is 19.2. The van der Waals surface area contributed by atoms with Gasteiger partial charge in [-0.1, -0.05) is 18.2 Å². The second kappa shape index (κ2) is 9.72. The molecule has 0 atom stereocenters. The summed E-state index contributed by atoms with van der Waals surface area (Å²) in [6, 6.07) is 15.2. The van der Waals surface area contributed by atoms with E-state index in [0.29, 0.717) is 37.4 Å². The number of carbonyl (C=O) groups excluding carboxylic acids is 1. The van der Waals surface area contributed by atoms with Crippen LogP contribution in [0, 0.1) is 5.92 Å². The molecule has 1 aliphatic carbocycles. The van der Waals surface area contributed by atoms with Crippen LogP contribution in [0.2, 0.25) is 0 Å². The number of piperidine rings is 1. The molecule has 0 unspecified atom stereocenters. The summed E-state index contributed by atoms with van der Waals surface area (Å²) >= 11 is 0. The molecule has 1 aliphatic heterocycles. The Hall–Kier alpha value is -2.97. The molecule has 1 fully saturated rings. The van der Waals surface area contributed by atoms with Gasteiger partial charge in [0.05, 0.1) is 11.4 Å². The van der Waals surface area contributed by atoms with E-state index < -0.39 is 10.0 Å². The molecule has 7 nitrogen and oxygen atoms in total. The van der Waals surface area contributed by atoms with Crippen LogP contribution in [0.5, 0.6) is 0 Å². The van der Waals surface area contributed by atoms with Gasteiger partial charge in [0.15, 0.2) is 0 Å². The van der Waals surface area contributed by atoms with Crippen molar-refractivity contribution >= 4 is 21.6 Å². The van der Waals surface area contributed by atoms with Crippen molar-refractivity contribution in [2.75, 3.05) is 18.4 Å². The molecule has 2 aromatic carbocycles. The number of fused-ring (bicyclic) bond motifs is 1. The number of benzene rings is 2. The zero-order valence-corrected chi connectivity index (χ0v) is 20.0. The van der Waals surface area contributed by atoms with Gasteiger partial charge in [-0.15, -0.1) is 0 Å². The van der Waals surface area contributed by atoms with Crippen molar-refractivity contribution < 1.29 is 13.2 Å². The maximum Gasteiger partial charge on any atom is 0.243 e. The summed E-state index contributed by atoms with van der Waals surface area (Å²) in [5.41, 5.74) is 4.23. The number of nitrogens with zero attached hydrogens (tertiary/aromatic N) is 3. The average Bonchev–Trinajstić information content (AvgIpc) is 3.37. The summed E-state index contributed by atoms with van der Waals surface area (Å²) in [6.07, 6.45) is 8.94. The number of anilines is 1. The molecule has 1 aromatic heterocycles. The summed E-state index contributed by atoms with van der Waals surface area (Å²) in [5, 5.41) is 7.24. The van der Waals surface area contributed by atoms with E-state index in [4.69, 9.17) is 0 Å². The Morgan fingerprint density at radius 3 is 2.56 bits per heavy atom. The second-order valence-corrected chi connectivity index (χ2v) is 11.1. The number of sulfonamides is 1. The third-order valence-electron chi connectivity index (χ3n) is 6.88. The first-order chi connectivity index (χ1) is 16.5. The number of aryl methyl sites for hydroxylation is 2. The molecule has 3 aromatic rings. The fraction of sp³-hybridized carbons (Fsp3) is 0.385. The molecule has 2 heterocycles. The largest absolute Gasteiger partial charge is 0.326 e. The van der Waals surface area contributed by atoms with Crippen molar-refractivity contribution in [1.29, 1.82) is 0 Å². The third kappa shape index (κ3) is 4.93. The molecule has 0 spiro atoms. The van der Waals surface area contributed by atoms with Crippen molar-refractivity contribution in [1.82, 2.24) is 14.1 Å². The molecule has 34 heavy (non-hydrogen) atoms. The summed E-state index contributed by atoms with van der Waals surface area (Å²) in [6.45, 7) is 1.35. The van der Waals surface area contributed by atoms with E-state index in [9.17, 15) is 13.2 Å². The fourth-order valence-corrected chi connectivity index (χ4v) is 6.47. The highest BCUT2D eigenvalue weighted by atomic mass is 32.2. The molecule has 0 bridgehead atoms. The highest BCUT2D eigenvalue weighted by Gasteiger charge is 2.32. The van der Waals surface area contributed by atoms with Gasteiger partial charge in [-0.25, -0.2) is 8.42 Å². The normalized spacial score (nSPS) is 17.3. The Bertz CT molecular complexity index is 1260. The van der Waals surface area contributed by atoms with Gasteiger partial charge in [0.25, 0.3) is 0 Å². The lowest BCUT2D eigenvalue weighted by molar-refractivity contribution is -0.120. The molecule has 178 valence electrons. The smallest absolute Gasteiger partial charge is 0.243 e. The van der Waals surface area contributed by atoms with E-state index in [2.05, 4.69) is 10.4 Å². The summed E-state index contributed by atoms with van der Waals surface area (Å²) < 4.78 is 29.8. The van der Waals surface area contributed by atoms with Crippen molar-refractivity contribution in [2.24, 2.45) is 5.92 Å². The van der Waals surface area contributed by atoms with Gasteiger partial charge in [-0.2, -0.15) is 9.40 Å². The van der Waals surface area contributed by atoms with E-state index in [0.717, 1.165) is 36.1 Å². The van der Waals surface area contributed by atoms with Gasteiger partial charge in [-0.3, -0.25) is 9.48 Å². The van der Waals surface area contributed by atoms with Crippen molar-refractivity contribution in [3.05, 3.63) is 77.6 Å². The van der Waals surface area contributed by atoms with Crippen molar-refractivity contribution in [3.8, 4) is 0 Å². The Kier molecular flexibility index (Phi) is 6.52. The molecule has 1 saturated heterocycles. The zero-order chi connectivity index (χ0) is 23.5. The molecule has 1 N–H and O–H groups in total. The Morgan fingerprint density at radius 2 is 1.79 bits per heavy atom. The lowest BCUT2D eigenvalue weighted by atomic mass is 9.92. The first kappa shape index (κ1) is 22.8. The third-order valence-corrected chi connectivity index (χ3v) is 8.78. The molecular weight excluding hydrogens is 448 g/mol. The van der Waals surface area contributed by atoms with Crippen LogP contribution in [0.15, 0.2) is 65.8 Å². The molecule has 5 rings (SSSR count). The van der Waals surface area contributed by atoms with Gasteiger partial charge in [0, 0.05) is 37.1 Å². The van der Waals surface area contributed by atoms with Crippen LogP contribution in [0.25, 0.3) is 0 Å². The van der Waals surface area contributed by atoms with Crippen molar-refractivity contribution in [3.63, 3.8) is 0 Å². The van der Waals surface area contributed by atoms with Crippen molar-refractivity contribution in [2.45, 2.75) is 50.0 Å². The van der Waals surface area contributed by atoms with Crippen LogP contribution in [0.4, 0.5) is 5.69 Å². The molecular formula is C26H30N4O3S. The molecule has 8 heteroatoms. The molecule has 2 aliphatic rings. The fourth-order valence-electron chi connectivity index (χ4n) is 4.95. The standard InChI is InChI=1S/C26H30N4O3S/c31-26(28-24-8-3-5-20(17-24)19-29-14-4-13-27-29)22-11-15-30(16-12-22)34(32,33)25-10-9-21-6-1-2-7-23(21)18-25/h3-5,8-10,13-14,17-18,22H,1-2,6-7,11-12,15-16,19H2,(H,28,31). The topological polar surface area (TPSA) is 84.3 Å². The summed E-state index contributed by atoms with van der Waals surface area (Å²) in [7, 11) is -3.54. The van der Waals surface area contributed by atoms with E-state index in [1.54, 1.807) is 12.3 Å². The van der Waals surface area contributed by atoms with Crippen LogP contribution < -0.4 is 5.32 Å². The predicted octanol–water partition coefficient (Wildman–Crippen LogP) is 3.85. The minimum absolute atomic E-state index is 0.0536. The minimum Gasteiger partial charge on any atom is -0.326 e.